The van der Waals surface area contributed by atoms with E-state index in [2.05, 4.69) is 4.99 Å². The molecule has 17 heavy (non-hydrogen) atoms. The first-order chi connectivity index (χ1) is 8.18. The van der Waals surface area contributed by atoms with Gasteiger partial charge in [0.1, 0.15) is 6.54 Å². The Kier molecular flexibility index (Phi) is 3.43. The van der Waals surface area contributed by atoms with Crippen molar-refractivity contribution in [2.24, 2.45) is 10.7 Å². The number of carbonyl (C=O) groups is 2. The van der Waals surface area contributed by atoms with Crippen LogP contribution >= 0.6 is 11.8 Å². The minimum absolute atomic E-state index is 0.0943. The molecule has 1 aromatic rings. The van der Waals surface area contributed by atoms with Crippen molar-refractivity contribution in [1.29, 1.82) is 0 Å². The van der Waals surface area contributed by atoms with Crippen LogP contribution in [-0.4, -0.2) is 29.3 Å². The van der Waals surface area contributed by atoms with Gasteiger partial charge in [-0.1, -0.05) is 30.0 Å². The number of aliphatic imine (C=N–C) groups is 1. The molecule has 0 fully saturated rings. The van der Waals surface area contributed by atoms with E-state index in [1.807, 2.05) is 30.3 Å². The Morgan fingerprint density at radius 2 is 2.12 bits per heavy atom. The number of amidine groups is 1. The fourth-order valence-corrected chi connectivity index (χ4v) is 2.22. The molecule has 1 aliphatic rings. The lowest BCUT2D eigenvalue weighted by Gasteiger charge is -2.17. The molecule has 0 bridgehead atoms. The van der Waals surface area contributed by atoms with Crippen LogP contribution in [0.2, 0.25) is 0 Å². The number of primary amides is 1. The monoisotopic (exact) mass is 249 g/mol. The van der Waals surface area contributed by atoms with E-state index in [4.69, 9.17) is 5.73 Å². The lowest BCUT2D eigenvalue weighted by atomic mass is 10.3. The molecule has 1 heterocycles. The summed E-state index contributed by atoms with van der Waals surface area (Å²) < 4.78 is 0. The Labute approximate surface area is 103 Å². The van der Waals surface area contributed by atoms with E-state index < -0.39 is 5.91 Å². The van der Waals surface area contributed by atoms with Gasteiger partial charge in [-0.25, -0.2) is 0 Å². The molecule has 0 aliphatic carbocycles. The minimum Gasteiger partial charge on any atom is -0.369 e. The van der Waals surface area contributed by atoms with E-state index in [-0.39, 0.29) is 18.2 Å². The fraction of sp³-hybridized carbons (Fsp3) is 0.182. The van der Waals surface area contributed by atoms with Gasteiger partial charge in [-0.05, 0) is 12.1 Å². The summed E-state index contributed by atoms with van der Waals surface area (Å²) >= 11 is 1.18. The Morgan fingerprint density at radius 3 is 2.76 bits per heavy atom. The van der Waals surface area contributed by atoms with E-state index in [9.17, 15) is 9.59 Å². The molecule has 0 unspecified atom stereocenters. The number of benzene rings is 1. The summed E-state index contributed by atoms with van der Waals surface area (Å²) in [7, 11) is 0. The number of para-hydroxylation sites is 1. The van der Waals surface area contributed by atoms with Crippen LogP contribution < -0.4 is 10.6 Å². The zero-order chi connectivity index (χ0) is 12.3. The highest BCUT2D eigenvalue weighted by molar-refractivity contribution is 8.14. The Balaban J connectivity index is 2.17. The van der Waals surface area contributed by atoms with Crippen molar-refractivity contribution in [3.05, 3.63) is 30.3 Å². The zero-order valence-corrected chi connectivity index (χ0v) is 9.81. The van der Waals surface area contributed by atoms with Gasteiger partial charge < -0.3 is 5.73 Å². The highest BCUT2D eigenvalue weighted by Crippen LogP contribution is 2.23. The lowest BCUT2D eigenvalue weighted by molar-refractivity contribution is -0.116. The van der Waals surface area contributed by atoms with Gasteiger partial charge in [0, 0.05) is 0 Å². The first-order valence-corrected chi connectivity index (χ1v) is 6.00. The van der Waals surface area contributed by atoms with Gasteiger partial charge in [0.2, 0.25) is 5.91 Å². The smallest absolute Gasteiger partial charge is 0.254 e. The Hall–Kier alpha value is -1.82. The maximum absolute atomic E-state index is 11.7. The van der Waals surface area contributed by atoms with Gasteiger partial charge in [0.15, 0.2) is 5.17 Å². The highest BCUT2D eigenvalue weighted by atomic mass is 32.2. The second kappa shape index (κ2) is 5.01. The van der Waals surface area contributed by atoms with Crippen molar-refractivity contribution in [3.63, 3.8) is 0 Å². The SMILES string of the molecule is NC(=O)CSC1=NCC(=O)N1c1ccccc1. The first kappa shape index (κ1) is 11.7. The van der Waals surface area contributed by atoms with Gasteiger partial charge in [0.05, 0.1) is 11.4 Å². The van der Waals surface area contributed by atoms with Gasteiger partial charge in [-0.3, -0.25) is 19.5 Å². The van der Waals surface area contributed by atoms with Crippen LogP contribution in [-0.2, 0) is 9.59 Å². The number of anilines is 1. The zero-order valence-electron chi connectivity index (χ0n) is 9.00. The highest BCUT2D eigenvalue weighted by Gasteiger charge is 2.27. The number of hydrogen-bond acceptors (Lipinski definition) is 4. The number of amides is 2. The second-order valence-corrected chi connectivity index (χ2v) is 4.36. The largest absolute Gasteiger partial charge is 0.369 e. The summed E-state index contributed by atoms with van der Waals surface area (Å²) in [6.07, 6.45) is 0. The molecule has 0 saturated heterocycles. The molecule has 0 atom stereocenters. The fourth-order valence-electron chi connectivity index (χ4n) is 1.46. The van der Waals surface area contributed by atoms with Crippen LogP contribution in [0.25, 0.3) is 0 Å². The summed E-state index contributed by atoms with van der Waals surface area (Å²) in [5.74, 6) is -0.400. The van der Waals surface area contributed by atoms with Crippen molar-refractivity contribution < 1.29 is 9.59 Å². The molecular formula is C11H11N3O2S. The summed E-state index contributed by atoms with van der Waals surface area (Å²) in [5.41, 5.74) is 5.83. The van der Waals surface area contributed by atoms with Crippen molar-refractivity contribution >= 4 is 34.4 Å². The Bertz CT molecular complexity index is 473. The molecule has 2 rings (SSSR count). The normalized spacial score (nSPS) is 14.9. The van der Waals surface area contributed by atoms with Gasteiger partial charge >= 0.3 is 0 Å². The van der Waals surface area contributed by atoms with Gasteiger partial charge in [-0.15, -0.1) is 0 Å². The van der Waals surface area contributed by atoms with Gasteiger partial charge in [-0.2, -0.15) is 0 Å². The molecule has 0 saturated carbocycles. The third-order valence-corrected chi connectivity index (χ3v) is 3.15. The molecule has 0 radical (unpaired) electrons. The van der Waals surface area contributed by atoms with E-state index in [0.29, 0.717) is 5.17 Å². The quantitative estimate of drug-likeness (QED) is 0.852. The van der Waals surface area contributed by atoms with E-state index in [1.54, 1.807) is 0 Å². The van der Waals surface area contributed by atoms with Crippen LogP contribution in [0.15, 0.2) is 35.3 Å². The lowest BCUT2D eigenvalue weighted by Crippen LogP contribution is -2.31. The third-order valence-electron chi connectivity index (χ3n) is 2.15. The molecule has 6 heteroatoms. The molecule has 1 aromatic carbocycles. The molecule has 2 N–H and O–H groups in total. The van der Waals surface area contributed by atoms with Crippen molar-refractivity contribution in [3.8, 4) is 0 Å². The first-order valence-electron chi connectivity index (χ1n) is 5.02. The topological polar surface area (TPSA) is 75.8 Å². The maximum Gasteiger partial charge on any atom is 0.254 e. The molecule has 0 aromatic heterocycles. The van der Waals surface area contributed by atoms with Crippen LogP contribution in [0.1, 0.15) is 0 Å². The van der Waals surface area contributed by atoms with E-state index in [0.717, 1.165) is 5.69 Å². The average molecular weight is 249 g/mol. The Morgan fingerprint density at radius 1 is 1.41 bits per heavy atom. The van der Waals surface area contributed by atoms with Crippen LogP contribution in [0.4, 0.5) is 5.69 Å². The number of carbonyl (C=O) groups excluding carboxylic acids is 2. The van der Waals surface area contributed by atoms with Crippen LogP contribution in [0.5, 0.6) is 0 Å². The summed E-state index contributed by atoms with van der Waals surface area (Å²) in [6, 6.07) is 9.21. The minimum atomic E-state index is -0.426. The number of nitrogens with two attached hydrogens (primary N) is 1. The molecule has 5 nitrogen and oxygen atoms in total. The molecule has 0 spiro atoms. The summed E-state index contributed by atoms with van der Waals surface area (Å²) in [6.45, 7) is 0.121. The predicted octanol–water partition coefficient (Wildman–Crippen LogP) is 0.608. The number of rotatable bonds is 3. The maximum atomic E-state index is 11.7. The number of nitrogens with zero attached hydrogens (tertiary/aromatic N) is 2. The van der Waals surface area contributed by atoms with Gasteiger partial charge in [0.25, 0.3) is 5.91 Å². The van der Waals surface area contributed by atoms with Crippen LogP contribution in [0, 0.1) is 0 Å². The standard InChI is InChI=1S/C11H11N3O2S/c12-9(15)7-17-11-13-6-10(16)14(11)8-4-2-1-3-5-8/h1-5H,6-7H2,(H2,12,15). The van der Waals surface area contributed by atoms with Crippen LogP contribution in [0.3, 0.4) is 0 Å². The van der Waals surface area contributed by atoms with E-state index >= 15 is 0 Å². The number of thioether (sulfide) groups is 1. The molecular weight excluding hydrogens is 238 g/mol. The van der Waals surface area contributed by atoms with Crippen molar-refractivity contribution in [1.82, 2.24) is 0 Å². The second-order valence-electron chi connectivity index (χ2n) is 3.42. The average Bonchev–Trinajstić information content (AvgIpc) is 2.69. The van der Waals surface area contributed by atoms with Crippen molar-refractivity contribution in [2.75, 3.05) is 17.2 Å². The molecule has 2 amide bonds. The van der Waals surface area contributed by atoms with Crippen molar-refractivity contribution in [2.45, 2.75) is 0 Å². The third kappa shape index (κ3) is 2.65. The predicted molar refractivity (Wildman–Crippen MR) is 67.9 cm³/mol. The molecule has 88 valence electrons. The summed E-state index contributed by atoms with van der Waals surface area (Å²) in [5, 5.41) is 0.528. The summed E-state index contributed by atoms with van der Waals surface area (Å²) in [4.78, 5) is 28.0. The number of hydrogen-bond donors (Lipinski definition) is 1. The van der Waals surface area contributed by atoms with E-state index in [1.165, 1.54) is 16.7 Å². The molecule has 1 aliphatic heterocycles.